The van der Waals surface area contributed by atoms with Crippen molar-refractivity contribution in [1.29, 1.82) is 0 Å². The van der Waals surface area contributed by atoms with Gasteiger partial charge in [0.25, 0.3) is 5.69 Å². The molecule has 0 radical (unpaired) electrons. The summed E-state index contributed by atoms with van der Waals surface area (Å²) in [6, 6.07) is 27.4. The van der Waals surface area contributed by atoms with E-state index in [0.29, 0.717) is 22.3 Å². The average molecular weight is 774 g/mol. The zero-order chi connectivity index (χ0) is 40.7. The largest absolute Gasteiger partial charge is 0.368 e. The Kier molecular flexibility index (Phi) is 14.4. The molecule has 7 N–H and O–H groups in total. The minimum absolute atomic E-state index is 0.000864. The Morgan fingerprint density at radius 2 is 1.14 bits per heavy atom. The van der Waals surface area contributed by atoms with Gasteiger partial charge in [0, 0.05) is 49.6 Å². The summed E-state index contributed by atoms with van der Waals surface area (Å²) in [7, 11) is 0. The molecule has 0 aromatic heterocycles. The van der Waals surface area contributed by atoms with E-state index in [9.17, 15) is 38.9 Å². The lowest BCUT2D eigenvalue weighted by Crippen LogP contribution is -2.58. The number of non-ortho nitro benzene ring substituents is 1. The molecule has 57 heavy (non-hydrogen) atoms. The SMILES string of the molecule is NC(=O)[C@@H]1CCCNC(=O)[C@H](Cc2ccc([N+](=O)[O-])cc2)NC(=O)[C@H](Cc2ccccc2)NC(=O)[C@H](C(c2ccccc2)c2ccccc2)NC(=O)/C=C/C(=O)N1. The summed E-state index contributed by atoms with van der Waals surface area (Å²) in [5.41, 5.74) is 7.90. The lowest BCUT2D eigenvalue weighted by Gasteiger charge is -2.30. The maximum absolute atomic E-state index is 14.6. The quantitative estimate of drug-likeness (QED) is 0.109. The normalized spacial score (nSPS) is 20.6. The zero-order valence-electron chi connectivity index (χ0n) is 30.8. The third-order valence-corrected chi connectivity index (χ3v) is 9.38. The number of carbonyl (C=O) groups excluding carboxylic acids is 6. The van der Waals surface area contributed by atoms with Crippen molar-refractivity contribution in [3.05, 3.63) is 160 Å². The van der Waals surface area contributed by atoms with Gasteiger partial charge in [-0.05, 0) is 35.1 Å². The summed E-state index contributed by atoms with van der Waals surface area (Å²) in [6.07, 6.45) is 2.01. The van der Waals surface area contributed by atoms with Crippen LogP contribution >= 0.6 is 0 Å². The summed E-state index contributed by atoms with van der Waals surface area (Å²) in [4.78, 5) is 92.1. The fourth-order valence-electron chi connectivity index (χ4n) is 6.49. The van der Waals surface area contributed by atoms with E-state index in [4.69, 9.17) is 5.73 Å². The van der Waals surface area contributed by atoms with Gasteiger partial charge in [-0.2, -0.15) is 0 Å². The number of nitro groups is 1. The molecule has 4 aromatic carbocycles. The number of carbonyl (C=O) groups is 6. The molecule has 0 saturated carbocycles. The highest BCUT2D eigenvalue weighted by atomic mass is 16.6. The Morgan fingerprint density at radius 1 is 0.649 bits per heavy atom. The van der Waals surface area contributed by atoms with Crippen LogP contribution in [-0.2, 0) is 41.6 Å². The van der Waals surface area contributed by atoms with Gasteiger partial charge in [-0.25, -0.2) is 0 Å². The van der Waals surface area contributed by atoms with Crippen molar-refractivity contribution >= 4 is 41.1 Å². The summed E-state index contributed by atoms with van der Waals surface area (Å²) in [5.74, 6) is -5.28. The van der Waals surface area contributed by atoms with E-state index in [1.165, 1.54) is 24.3 Å². The first kappa shape index (κ1) is 41.0. The standard InChI is InChI=1S/C42H43N7O8/c43-39(52)32-17-10-24-44-40(53)33(26-28-18-20-31(21-19-28)49(56)57)46-41(54)34(25-27-11-4-1-5-12-27)47-42(55)38(48-36(51)23-22-35(50)45-32)37(29-13-6-2-7-14-29)30-15-8-3-9-16-30/h1-9,11-16,18-23,32-34,37-38H,10,17,24-26H2,(H2,43,52)(H,44,53)(H,45,50)(H,46,54)(H,47,55)(H,48,51)/b23-22+/t32-,33-,34-,38-/m0/s1. The van der Waals surface area contributed by atoms with E-state index in [0.717, 1.165) is 12.2 Å². The number of nitrogens with one attached hydrogen (secondary N) is 5. The molecule has 0 unspecified atom stereocenters. The predicted molar refractivity (Wildman–Crippen MR) is 210 cm³/mol. The molecule has 1 heterocycles. The van der Waals surface area contributed by atoms with Crippen LogP contribution in [0.2, 0.25) is 0 Å². The number of nitrogens with two attached hydrogens (primary N) is 1. The van der Waals surface area contributed by atoms with Crippen molar-refractivity contribution in [3.8, 4) is 0 Å². The Balaban J connectivity index is 1.57. The first-order valence-corrected chi connectivity index (χ1v) is 18.3. The molecule has 5 rings (SSSR count). The molecule has 6 amide bonds. The number of rotatable bonds is 9. The Hall–Kier alpha value is -7.16. The van der Waals surface area contributed by atoms with Crippen molar-refractivity contribution in [1.82, 2.24) is 26.6 Å². The zero-order valence-corrected chi connectivity index (χ0v) is 30.8. The molecule has 0 saturated heterocycles. The van der Waals surface area contributed by atoms with Crippen molar-refractivity contribution in [3.63, 3.8) is 0 Å². The van der Waals surface area contributed by atoms with Crippen LogP contribution in [0.15, 0.2) is 127 Å². The number of amides is 6. The van der Waals surface area contributed by atoms with Crippen LogP contribution in [-0.4, -0.2) is 71.1 Å². The van der Waals surface area contributed by atoms with Gasteiger partial charge in [0.05, 0.1) is 4.92 Å². The molecule has 4 aromatic rings. The second-order valence-electron chi connectivity index (χ2n) is 13.5. The van der Waals surface area contributed by atoms with E-state index in [1.54, 1.807) is 91.0 Å². The number of primary amides is 1. The van der Waals surface area contributed by atoms with Gasteiger partial charge in [-0.3, -0.25) is 38.9 Å². The van der Waals surface area contributed by atoms with E-state index in [2.05, 4.69) is 26.6 Å². The van der Waals surface area contributed by atoms with Crippen LogP contribution in [0.4, 0.5) is 5.69 Å². The molecule has 15 nitrogen and oxygen atoms in total. The smallest absolute Gasteiger partial charge is 0.269 e. The van der Waals surface area contributed by atoms with Crippen molar-refractivity contribution in [2.45, 2.75) is 55.8 Å². The van der Waals surface area contributed by atoms with Crippen molar-refractivity contribution in [2.24, 2.45) is 5.73 Å². The topological polar surface area (TPSA) is 232 Å². The molecular formula is C42H43N7O8. The van der Waals surface area contributed by atoms with Crippen LogP contribution < -0.4 is 32.3 Å². The Labute approximate surface area is 328 Å². The molecule has 15 heteroatoms. The minimum Gasteiger partial charge on any atom is -0.368 e. The van der Waals surface area contributed by atoms with Gasteiger partial charge < -0.3 is 32.3 Å². The average Bonchev–Trinajstić information content (AvgIpc) is 3.21. The van der Waals surface area contributed by atoms with Crippen LogP contribution in [0.5, 0.6) is 0 Å². The van der Waals surface area contributed by atoms with Crippen LogP contribution in [0.25, 0.3) is 0 Å². The molecule has 0 bridgehead atoms. The third-order valence-electron chi connectivity index (χ3n) is 9.38. The first-order chi connectivity index (χ1) is 27.5. The van der Waals surface area contributed by atoms with Crippen molar-refractivity contribution < 1.29 is 33.7 Å². The van der Waals surface area contributed by atoms with Crippen molar-refractivity contribution in [2.75, 3.05) is 6.54 Å². The highest BCUT2D eigenvalue weighted by Gasteiger charge is 2.35. The van der Waals surface area contributed by atoms with E-state index in [-0.39, 0.29) is 37.9 Å². The van der Waals surface area contributed by atoms with Crippen LogP contribution in [0, 0.1) is 10.1 Å². The highest BCUT2D eigenvalue weighted by Crippen LogP contribution is 2.29. The van der Waals surface area contributed by atoms with Gasteiger partial charge in [-0.15, -0.1) is 0 Å². The Bertz CT molecular complexity index is 2040. The summed E-state index contributed by atoms with van der Waals surface area (Å²) >= 11 is 0. The first-order valence-electron chi connectivity index (χ1n) is 18.3. The number of hydrogen-bond donors (Lipinski definition) is 6. The number of hydrogen-bond acceptors (Lipinski definition) is 8. The molecule has 1 aliphatic heterocycles. The highest BCUT2D eigenvalue weighted by molar-refractivity contribution is 6.01. The van der Waals surface area contributed by atoms with Crippen LogP contribution in [0.1, 0.15) is 41.0 Å². The van der Waals surface area contributed by atoms with Gasteiger partial charge in [-0.1, -0.05) is 103 Å². The molecule has 294 valence electrons. The van der Waals surface area contributed by atoms with Gasteiger partial charge in [0.15, 0.2) is 0 Å². The van der Waals surface area contributed by atoms with Crippen LogP contribution in [0.3, 0.4) is 0 Å². The number of nitrogens with zero attached hydrogens (tertiary/aromatic N) is 1. The van der Waals surface area contributed by atoms with E-state index < -0.39 is 70.5 Å². The monoisotopic (exact) mass is 773 g/mol. The summed E-state index contributed by atoms with van der Waals surface area (Å²) in [5, 5.41) is 24.8. The molecule has 0 spiro atoms. The molecular weight excluding hydrogens is 731 g/mol. The predicted octanol–water partition coefficient (Wildman–Crippen LogP) is 2.10. The molecule has 1 aliphatic rings. The molecule has 0 fully saturated rings. The fourth-order valence-corrected chi connectivity index (χ4v) is 6.49. The van der Waals surface area contributed by atoms with E-state index in [1.807, 2.05) is 0 Å². The maximum atomic E-state index is 14.6. The van der Waals surface area contributed by atoms with Gasteiger partial charge in [0.1, 0.15) is 24.2 Å². The molecule has 0 aliphatic carbocycles. The maximum Gasteiger partial charge on any atom is 0.269 e. The lowest BCUT2D eigenvalue weighted by atomic mass is 9.84. The number of nitro benzene ring substituents is 1. The second kappa shape index (κ2) is 20.0. The summed E-state index contributed by atoms with van der Waals surface area (Å²) in [6.45, 7) is 0.0234. The third kappa shape index (κ3) is 11.9. The minimum atomic E-state index is -1.35. The number of benzene rings is 4. The summed E-state index contributed by atoms with van der Waals surface area (Å²) < 4.78 is 0. The lowest BCUT2D eigenvalue weighted by molar-refractivity contribution is -0.384. The molecule has 4 atom stereocenters. The van der Waals surface area contributed by atoms with Gasteiger partial charge >= 0.3 is 0 Å². The second-order valence-corrected chi connectivity index (χ2v) is 13.5. The van der Waals surface area contributed by atoms with Gasteiger partial charge in [0.2, 0.25) is 35.4 Å². The fraction of sp³-hybridized carbons (Fsp3) is 0.238. The van der Waals surface area contributed by atoms with E-state index >= 15 is 0 Å². The Morgan fingerprint density at radius 3 is 1.68 bits per heavy atom.